The van der Waals surface area contributed by atoms with Crippen LogP contribution in [0.5, 0.6) is 5.75 Å². The first kappa shape index (κ1) is 20.0. The van der Waals surface area contributed by atoms with Gasteiger partial charge in [0.05, 0.1) is 29.8 Å². The summed E-state index contributed by atoms with van der Waals surface area (Å²) in [5.74, 6) is 1.95. The molecule has 0 atom stereocenters. The van der Waals surface area contributed by atoms with E-state index < -0.39 is 0 Å². The van der Waals surface area contributed by atoms with Crippen LogP contribution in [0.2, 0.25) is 10.0 Å². The number of aryl methyl sites for hydroxylation is 1. The maximum absolute atomic E-state index is 6.31. The summed E-state index contributed by atoms with van der Waals surface area (Å²) < 4.78 is 21.5. The summed E-state index contributed by atoms with van der Waals surface area (Å²) in [7, 11) is 1.64. The molecule has 0 fully saturated rings. The number of ether oxygens (including phenoxy) is 3. The van der Waals surface area contributed by atoms with Crippen molar-refractivity contribution < 1.29 is 18.7 Å². The lowest BCUT2D eigenvalue weighted by Crippen LogP contribution is -2.03. The van der Waals surface area contributed by atoms with E-state index in [1.807, 2.05) is 6.07 Å². The predicted octanol–water partition coefficient (Wildman–Crippen LogP) is 4.70. The van der Waals surface area contributed by atoms with Crippen molar-refractivity contribution in [2.24, 2.45) is 4.99 Å². The van der Waals surface area contributed by atoms with Crippen molar-refractivity contribution in [3.05, 3.63) is 45.3 Å². The van der Waals surface area contributed by atoms with Crippen molar-refractivity contribution in [1.29, 1.82) is 0 Å². The van der Waals surface area contributed by atoms with E-state index in [9.17, 15) is 0 Å². The third-order valence-electron chi connectivity index (χ3n) is 4.04. The zero-order valence-electron chi connectivity index (χ0n) is 15.2. The van der Waals surface area contributed by atoms with Gasteiger partial charge in [0.2, 0.25) is 5.90 Å². The monoisotopic (exact) mass is 412 g/mol. The van der Waals surface area contributed by atoms with Crippen molar-refractivity contribution in [3.63, 3.8) is 0 Å². The number of nitrogens with zero attached hydrogens (tertiary/aromatic N) is 2. The molecule has 0 spiro atoms. The summed E-state index contributed by atoms with van der Waals surface area (Å²) in [4.78, 5) is 4.27. The van der Waals surface area contributed by atoms with Gasteiger partial charge >= 0.3 is 0 Å². The summed E-state index contributed by atoms with van der Waals surface area (Å²) in [5.41, 5.74) is 1.59. The van der Waals surface area contributed by atoms with Gasteiger partial charge in [0.15, 0.2) is 5.75 Å². The zero-order chi connectivity index (χ0) is 19.1. The Kier molecular flexibility index (Phi) is 7.38. The number of hydrogen-bond donors (Lipinski definition) is 0. The predicted molar refractivity (Wildman–Crippen MR) is 104 cm³/mol. The third kappa shape index (κ3) is 5.61. The highest BCUT2D eigenvalue weighted by atomic mass is 35.5. The van der Waals surface area contributed by atoms with Crippen molar-refractivity contribution >= 4 is 29.1 Å². The van der Waals surface area contributed by atoms with Crippen LogP contribution in [0.3, 0.4) is 0 Å². The molecule has 0 unspecified atom stereocenters. The van der Waals surface area contributed by atoms with Gasteiger partial charge in [-0.3, -0.25) is 0 Å². The molecular weight excluding hydrogens is 391 g/mol. The van der Waals surface area contributed by atoms with Gasteiger partial charge in [0.1, 0.15) is 18.1 Å². The number of unbranched alkanes of at least 4 members (excludes halogenated alkanes) is 2. The summed E-state index contributed by atoms with van der Waals surface area (Å²) in [6.07, 6.45) is 3.72. The lowest BCUT2D eigenvalue weighted by atomic mass is 10.1. The number of methoxy groups -OCH3 is 1. The minimum atomic E-state index is 0.461. The van der Waals surface area contributed by atoms with Crippen molar-refractivity contribution in [1.82, 2.24) is 5.16 Å². The van der Waals surface area contributed by atoms with Crippen LogP contribution in [0.1, 0.15) is 36.3 Å². The number of benzene rings is 1. The first-order valence-electron chi connectivity index (χ1n) is 8.90. The first-order valence-corrected chi connectivity index (χ1v) is 9.66. The van der Waals surface area contributed by atoms with Crippen molar-refractivity contribution in [2.75, 3.05) is 26.9 Å². The van der Waals surface area contributed by atoms with E-state index in [2.05, 4.69) is 10.1 Å². The summed E-state index contributed by atoms with van der Waals surface area (Å²) >= 11 is 12.6. The van der Waals surface area contributed by atoms with E-state index in [0.717, 1.165) is 42.7 Å². The lowest BCUT2D eigenvalue weighted by molar-refractivity contribution is 0.177. The molecule has 2 heterocycles. The summed E-state index contributed by atoms with van der Waals surface area (Å²) in [5, 5.41) is 4.87. The van der Waals surface area contributed by atoms with Crippen LogP contribution in [0.4, 0.5) is 0 Å². The van der Waals surface area contributed by atoms with Gasteiger partial charge in [-0.25, -0.2) is 4.99 Å². The van der Waals surface area contributed by atoms with Crippen LogP contribution < -0.4 is 4.74 Å². The molecule has 1 aliphatic rings. The maximum Gasteiger partial charge on any atom is 0.216 e. The number of halogens is 2. The molecule has 0 saturated carbocycles. The highest BCUT2D eigenvalue weighted by Gasteiger charge is 2.16. The van der Waals surface area contributed by atoms with Crippen molar-refractivity contribution in [2.45, 2.75) is 32.3 Å². The Hall–Kier alpha value is -1.76. The van der Waals surface area contributed by atoms with Crippen LogP contribution in [-0.4, -0.2) is 37.9 Å². The fraction of sp³-hybridized carbons (Fsp3) is 0.474. The fourth-order valence-corrected chi connectivity index (χ4v) is 3.37. The molecule has 1 aliphatic heterocycles. The number of aliphatic imine (C=N–C) groups is 1. The van der Waals surface area contributed by atoms with Gasteiger partial charge in [0.25, 0.3) is 0 Å². The standard InChI is InChI=1S/C19H22Cl2N2O4/c1-24-12-14-11-15(27-23-14)5-3-2-4-7-25-18-16(20)9-13(10-17(18)21)19-22-6-8-26-19/h9-11H,2-8,12H2,1H3. The van der Waals surface area contributed by atoms with E-state index in [1.165, 1.54) is 0 Å². The Morgan fingerprint density at radius 2 is 1.93 bits per heavy atom. The summed E-state index contributed by atoms with van der Waals surface area (Å²) in [6, 6.07) is 5.47. The maximum atomic E-state index is 6.31. The molecule has 146 valence electrons. The normalized spacial score (nSPS) is 13.5. The first-order chi connectivity index (χ1) is 13.2. The third-order valence-corrected chi connectivity index (χ3v) is 4.61. The Morgan fingerprint density at radius 1 is 1.11 bits per heavy atom. The molecule has 27 heavy (non-hydrogen) atoms. The highest BCUT2D eigenvalue weighted by Crippen LogP contribution is 2.35. The second kappa shape index (κ2) is 9.97. The van der Waals surface area contributed by atoms with E-state index >= 15 is 0 Å². The Balaban J connectivity index is 1.41. The molecule has 0 aliphatic carbocycles. The second-order valence-corrected chi connectivity index (χ2v) is 7.00. The largest absolute Gasteiger partial charge is 0.490 e. The SMILES string of the molecule is COCc1cc(CCCCCOc2c(Cl)cc(C3=NCCO3)cc2Cl)on1. The molecule has 0 radical (unpaired) electrons. The van der Waals surface area contributed by atoms with Crippen LogP contribution in [0.15, 0.2) is 27.7 Å². The van der Waals surface area contributed by atoms with Crippen molar-refractivity contribution in [3.8, 4) is 5.75 Å². The molecule has 0 N–H and O–H groups in total. The average Bonchev–Trinajstić information content (AvgIpc) is 3.32. The minimum Gasteiger partial charge on any atom is -0.490 e. The number of rotatable bonds is 10. The molecule has 2 aromatic rings. The van der Waals surface area contributed by atoms with Crippen LogP contribution in [0.25, 0.3) is 0 Å². The van der Waals surface area contributed by atoms with Gasteiger partial charge in [0, 0.05) is 25.2 Å². The Labute approximate surface area is 168 Å². The Bertz CT molecular complexity index is 769. The van der Waals surface area contributed by atoms with E-state index in [4.69, 9.17) is 41.9 Å². The topological polar surface area (TPSA) is 66.1 Å². The van der Waals surface area contributed by atoms with Gasteiger partial charge in [-0.2, -0.15) is 0 Å². The summed E-state index contributed by atoms with van der Waals surface area (Å²) in [6.45, 7) is 2.26. The molecular formula is C19H22Cl2N2O4. The second-order valence-electron chi connectivity index (χ2n) is 6.18. The molecule has 8 heteroatoms. The fourth-order valence-electron chi connectivity index (χ4n) is 2.77. The molecule has 0 amide bonds. The minimum absolute atomic E-state index is 0.461. The van der Waals surface area contributed by atoms with Gasteiger partial charge < -0.3 is 18.7 Å². The lowest BCUT2D eigenvalue weighted by Gasteiger charge is -2.11. The highest BCUT2D eigenvalue weighted by molar-refractivity contribution is 6.37. The average molecular weight is 413 g/mol. The molecule has 1 aromatic heterocycles. The van der Waals surface area contributed by atoms with Crippen LogP contribution in [0, 0.1) is 0 Å². The number of hydrogen-bond acceptors (Lipinski definition) is 6. The van der Waals surface area contributed by atoms with E-state index in [0.29, 0.717) is 48.1 Å². The molecule has 0 saturated heterocycles. The van der Waals surface area contributed by atoms with Crippen LogP contribution >= 0.6 is 23.2 Å². The molecule has 3 rings (SSSR count). The van der Waals surface area contributed by atoms with Crippen LogP contribution in [-0.2, 0) is 22.5 Å². The number of aromatic nitrogens is 1. The van der Waals surface area contributed by atoms with Gasteiger partial charge in [-0.05, 0) is 31.4 Å². The smallest absolute Gasteiger partial charge is 0.216 e. The van der Waals surface area contributed by atoms with E-state index in [1.54, 1.807) is 19.2 Å². The molecule has 0 bridgehead atoms. The molecule has 1 aromatic carbocycles. The van der Waals surface area contributed by atoms with E-state index in [-0.39, 0.29) is 0 Å². The Morgan fingerprint density at radius 3 is 2.63 bits per heavy atom. The van der Waals surface area contributed by atoms with Gasteiger partial charge in [-0.15, -0.1) is 0 Å². The molecule has 6 nitrogen and oxygen atoms in total. The zero-order valence-corrected chi connectivity index (χ0v) is 16.7. The van der Waals surface area contributed by atoms with Gasteiger partial charge in [-0.1, -0.05) is 28.4 Å². The quantitative estimate of drug-likeness (QED) is 0.529.